The number of nitrogens with two attached hydrogens (primary N) is 1. The van der Waals surface area contributed by atoms with Gasteiger partial charge in [-0.15, -0.1) is 0 Å². The van der Waals surface area contributed by atoms with Gasteiger partial charge in [0.25, 0.3) is 5.91 Å². The lowest BCUT2D eigenvalue weighted by atomic mass is 10.2. The van der Waals surface area contributed by atoms with Crippen LogP contribution in [-0.2, 0) is 4.74 Å². The molecule has 6 heteroatoms. The van der Waals surface area contributed by atoms with Crippen LogP contribution in [0.15, 0.2) is 18.5 Å². The number of nitrogens with zero attached hydrogens (tertiary/aromatic N) is 2. The molecule has 0 saturated carbocycles. The molecule has 0 aliphatic carbocycles. The molecule has 0 radical (unpaired) electrons. The monoisotopic (exact) mass is 260 g/mol. The van der Waals surface area contributed by atoms with Crippen molar-refractivity contribution in [1.29, 1.82) is 0 Å². The lowest BCUT2D eigenvalue weighted by Crippen LogP contribution is -2.48. The molecule has 1 aliphatic rings. The van der Waals surface area contributed by atoms with Crippen molar-refractivity contribution in [1.82, 2.24) is 15.4 Å². The molecule has 6 nitrogen and oxygen atoms in total. The van der Waals surface area contributed by atoms with Crippen LogP contribution in [-0.4, -0.2) is 48.7 Å². The number of carbonyl (C=O) groups excluding carboxylic acids is 1. The largest absolute Gasteiger partial charge is 0.379 e. The number of pyridine rings is 1. The van der Waals surface area contributed by atoms with E-state index in [9.17, 15) is 4.79 Å². The molecule has 0 bridgehead atoms. The summed E-state index contributed by atoms with van der Waals surface area (Å²) in [6, 6.07) is 1.70. The third kappa shape index (κ3) is 4.03. The first kappa shape index (κ1) is 13.5. The van der Waals surface area contributed by atoms with Crippen molar-refractivity contribution in [3.05, 3.63) is 29.6 Å². The smallest absolute Gasteiger partial charge is 0.267 e. The standard InChI is InChI=1S/C13H16N4O2/c14-3-1-2-11-8-12(10-15-9-11)13(18)16-17-4-6-19-7-5-17/h8-10H,3-7,14H2,(H,16,18). The Labute approximate surface area is 111 Å². The molecule has 100 valence electrons. The van der Waals surface area contributed by atoms with Crippen LogP contribution in [0.3, 0.4) is 0 Å². The van der Waals surface area contributed by atoms with E-state index in [1.54, 1.807) is 12.3 Å². The molecule has 19 heavy (non-hydrogen) atoms. The lowest BCUT2D eigenvalue weighted by Gasteiger charge is -2.26. The van der Waals surface area contributed by atoms with Gasteiger partial charge >= 0.3 is 0 Å². The molecule has 1 saturated heterocycles. The average molecular weight is 260 g/mol. The summed E-state index contributed by atoms with van der Waals surface area (Å²) in [7, 11) is 0. The normalized spacial score (nSPS) is 15.4. The summed E-state index contributed by atoms with van der Waals surface area (Å²) in [5.41, 5.74) is 9.29. The molecule has 1 amide bonds. The average Bonchev–Trinajstić information content (AvgIpc) is 2.46. The molecule has 0 aromatic carbocycles. The molecule has 1 aromatic rings. The highest BCUT2D eigenvalue weighted by molar-refractivity contribution is 5.93. The summed E-state index contributed by atoms with van der Waals surface area (Å²) in [4.78, 5) is 16.0. The molecule has 2 rings (SSSR count). The first-order chi connectivity index (χ1) is 9.29. The van der Waals surface area contributed by atoms with Crippen LogP contribution >= 0.6 is 0 Å². The highest BCUT2D eigenvalue weighted by atomic mass is 16.5. The van der Waals surface area contributed by atoms with E-state index in [1.165, 1.54) is 6.20 Å². The molecule has 1 aromatic heterocycles. The van der Waals surface area contributed by atoms with Crippen molar-refractivity contribution in [2.75, 3.05) is 32.8 Å². The number of hydrogen-bond donors (Lipinski definition) is 2. The van der Waals surface area contributed by atoms with Crippen LogP contribution in [0.2, 0.25) is 0 Å². The van der Waals surface area contributed by atoms with Gasteiger partial charge in [-0.1, -0.05) is 11.8 Å². The van der Waals surface area contributed by atoms with Crippen molar-refractivity contribution in [2.24, 2.45) is 5.73 Å². The van der Waals surface area contributed by atoms with Crippen molar-refractivity contribution >= 4 is 5.91 Å². The number of amides is 1. The number of hydrazine groups is 1. The summed E-state index contributed by atoms with van der Waals surface area (Å²) in [6.07, 6.45) is 3.12. The fraction of sp³-hybridized carbons (Fsp3) is 0.385. The Hall–Kier alpha value is -1.94. The number of nitrogens with one attached hydrogen (secondary N) is 1. The number of rotatable bonds is 2. The molecule has 0 unspecified atom stereocenters. The third-order valence-corrected chi connectivity index (χ3v) is 2.61. The molecule has 1 fully saturated rings. The van der Waals surface area contributed by atoms with Crippen LogP contribution in [0, 0.1) is 11.8 Å². The van der Waals surface area contributed by atoms with E-state index < -0.39 is 0 Å². The number of hydrogen-bond acceptors (Lipinski definition) is 5. The van der Waals surface area contributed by atoms with E-state index in [-0.39, 0.29) is 12.5 Å². The molecule has 0 spiro atoms. The van der Waals surface area contributed by atoms with Gasteiger partial charge in [0.15, 0.2) is 0 Å². The Morgan fingerprint density at radius 2 is 2.26 bits per heavy atom. The zero-order valence-electron chi connectivity index (χ0n) is 10.6. The van der Waals surface area contributed by atoms with Crippen LogP contribution in [0.1, 0.15) is 15.9 Å². The van der Waals surface area contributed by atoms with Gasteiger partial charge in [0.1, 0.15) is 0 Å². The predicted molar refractivity (Wildman–Crippen MR) is 70.0 cm³/mol. The quantitative estimate of drug-likeness (QED) is 0.692. The lowest BCUT2D eigenvalue weighted by molar-refractivity contribution is 0.0126. The zero-order valence-corrected chi connectivity index (χ0v) is 10.6. The van der Waals surface area contributed by atoms with Gasteiger partial charge in [-0.05, 0) is 6.07 Å². The second-order valence-electron chi connectivity index (χ2n) is 4.01. The van der Waals surface area contributed by atoms with E-state index in [1.807, 2.05) is 5.01 Å². The van der Waals surface area contributed by atoms with Crippen LogP contribution in [0.25, 0.3) is 0 Å². The van der Waals surface area contributed by atoms with E-state index in [4.69, 9.17) is 10.5 Å². The Morgan fingerprint density at radius 3 is 3.00 bits per heavy atom. The van der Waals surface area contributed by atoms with Crippen molar-refractivity contribution in [3.8, 4) is 11.8 Å². The molecule has 2 heterocycles. The highest BCUT2D eigenvalue weighted by Gasteiger charge is 2.14. The minimum atomic E-state index is -0.189. The number of aromatic nitrogens is 1. The first-order valence-corrected chi connectivity index (χ1v) is 6.07. The van der Waals surface area contributed by atoms with E-state index >= 15 is 0 Å². The van der Waals surface area contributed by atoms with Crippen molar-refractivity contribution in [2.45, 2.75) is 0 Å². The molecule has 1 aliphatic heterocycles. The van der Waals surface area contributed by atoms with E-state index in [0.29, 0.717) is 37.4 Å². The molecule has 0 atom stereocenters. The SMILES string of the molecule is NCC#Cc1cncc(C(=O)NN2CCOCC2)c1. The molecular weight excluding hydrogens is 244 g/mol. The number of morpholine rings is 1. The number of carbonyl (C=O) groups is 1. The molecular formula is C13H16N4O2. The van der Waals surface area contributed by atoms with Gasteiger partial charge < -0.3 is 10.5 Å². The van der Waals surface area contributed by atoms with Gasteiger partial charge in [-0.2, -0.15) is 0 Å². The van der Waals surface area contributed by atoms with Gasteiger partial charge in [0.2, 0.25) is 0 Å². The number of ether oxygens (including phenoxy) is 1. The Balaban J connectivity index is 2.01. The van der Waals surface area contributed by atoms with Crippen LogP contribution in [0.5, 0.6) is 0 Å². The van der Waals surface area contributed by atoms with E-state index in [0.717, 1.165) is 0 Å². The summed E-state index contributed by atoms with van der Waals surface area (Å²) in [5, 5.41) is 1.84. The minimum absolute atomic E-state index is 0.189. The maximum absolute atomic E-state index is 12.0. The third-order valence-electron chi connectivity index (χ3n) is 2.61. The zero-order chi connectivity index (χ0) is 13.5. The second kappa shape index (κ2) is 6.85. The second-order valence-corrected chi connectivity index (χ2v) is 4.01. The minimum Gasteiger partial charge on any atom is -0.379 e. The summed E-state index contributed by atoms with van der Waals surface area (Å²) >= 11 is 0. The van der Waals surface area contributed by atoms with Crippen LogP contribution < -0.4 is 11.2 Å². The van der Waals surface area contributed by atoms with Gasteiger partial charge in [-0.3, -0.25) is 15.2 Å². The topological polar surface area (TPSA) is 80.5 Å². The Bertz CT molecular complexity index is 501. The van der Waals surface area contributed by atoms with Gasteiger partial charge in [-0.25, -0.2) is 5.01 Å². The fourth-order valence-electron chi connectivity index (χ4n) is 1.67. The Morgan fingerprint density at radius 1 is 1.47 bits per heavy atom. The maximum atomic E-state index is 12.0. The maximum Gasteiger partial charge on any atom is 0.267 e. The summed E-state index contributed by atoms with van der Waals surface area (Å²) in [6.45, 7) is 2.91. The Kier molecular flexibility index (Phi) is 4.86. The van der Waals surface area contributed by atoms with Gasteiger partial charge in [0.05, 0.1) is 25.3 Å². The molecule has 3 N–H and O–H groups in total. The van der Waals surface area contributed by atoms with Crippen LogP contribution in [0.4, 0.5) is 0 Å². The summed E-state index contributed by atoms with van der Waals surface area (Å²) in [5.74, 6) is 5.39. The van der Waals surface area contributed by atoms with Crippen molar-refractivity contribution < 1.29 is 9.53 Å². The van der Waals surface area contributed by atoms with E-state index in [2.05, 4.69) is 22.3 Å². The van der Waals surface area contributed by atoms with Gasteiger partial charge in [0, 0.05) is 31.0 Å². The predicted octanol–water partition coefficient (Wildman–Crippen LogP) is -0.631. The fourth-order valence-corrected chi connectivity index (χ4v) is 1.67. The first-order valence-electron chi connectivity index (χ1n) is 6.07. The van der Waals surface area contributed by atoms with Crippen molar-refractivity contribution in [3.63, 3.8) is 0 Å². The summed E-state index contributed by atoms with van der Waals surface area (Å²) < 4.78 is 5.21. The highest BCUT2D eigenvalue weighted by Crippen LogP contribution is 2.02.